The fourth-order valence-corrected chi connectivity index (χ4v) is 2.56. The highest BCUT2D eigenvalue weighted by Gasteiger charge is 2.04. The molecule has 0 aliphatic carbocycles. The molecule has 3 rings (SSSR count). The van der Waals surface area contributed by atoms with Crippen LogP contribution in [0.4, 0.5) is 0 Å². The molecule has 3 aromatic carbocycles. The zero-order valence-corrected chi connectivity index (χ0v) is 10.6. The zero-order chi connectivity index (χ0) is 11.1. The van der Waals surface area contributed by atoms with Crippen LogP contribution in [0.3, 0.4) is 0 Å². The summed E-state index contributed by atoms with van der Waals surface area (Å²) in [5.74, 6) is 0. The Labute approximate surface area is 103 Å². The van der Waals surface area contributed by atoms with E-state index in [2.05, 4.69) is 71.4 Å². The molecule has 0 unspecified atom stereocenters. The fraction of sp³-hybridized carbons (Fsp3) is 0.0667. The van der Waals surface area contributed by atoms with Crippen molar-refractivity contribution in [2.75, 3.05) is 0 Å². The van der Waals surface area contributed by atoms with Crippen LogP contribution in [0.25, 0.3) is 21.5 Å². The average Bonchev–Trinajstić information content (AvgIpc) is 2.33. The summed E-state index contributed by atoms with van der Waals surface area (Å²) in [5, 5.41) is 5.29. The van der Waals surface area contributed by atoms with Crippen molar-refractivity contribution in [1.82, 2.24) is 0 Å². The largest absolute Gasteiger partial charge is 0.0616 e. The normalized spacial score (nSPS) is 11.1. The second-order valence-corrected chi connectivity index (χ2v) is 4.91. The minimum absolute atomic E-state index is 1.18. The molecule has 0 N–H and O–H groups in total. The number of halogens is 1. The summed E-state index contributed by atoms with van der Waals surface area (Å²) in [6.07, 6.45) is 0. The van der Waals surface area contributed by atoms with E-state index in [-0.39, 0.29) is 0 Å². The maximum atomic E-state index is 3.58. The first-order valence-electron chi connectivity index (χ1n) is 5.34. The first kappa shape index (κ1) is 9.86. The molecule has 0 heterocycles. The smallest absolute Gasteiger partial charge is 0.0210 e. The maximum Gasteiger partial charge on any atom is 0.0210 e. The van der Waals surface area contributed by atoms with E-state index in [1.54, 1.807) is 0 Å². The van der Waals surface area contributed by atoms with Crippen LogP contribution in [0.15, 0.2) is 53.0 Å². The van der Waals surface area contributed by atoms with Gasteiger partial charge >= 0.3 is 0 Å². The Morgan fingerprint density at radius 2 is 1.50 bits per heavy atom. The van der Waals surface area contributed by atoms with E-state index >= 15 is 0 Å². The van der Waals surface area contributed by atoms with Crippen LogP contribution in [0, 0.1) is 6.92 Å². The van der Waals surface area contributed by atoms with Gasteiger partial charge < -0.3 is 0 Å². The van der Waals surface area contributed by atoms with E-state index in [4.69, 9.17) is 0 Å². The number of benzene rings is 3. The van der Waals surface area contributed by atoms with Crippen molar-refractivity contribution in [2.45, 2.75) is 6.92 Å². The van der Waals surface area contributed by atoms with Gasteiger partial charge in [0.05, 0.1) is 0 Å². The minimum Gasteiger partial charge on any atom is -0.0616 e. The first-order valence-corrected chi connectivity index (χ1v) is 6.13. The summed E-state index contributed by atoms with van der Waals surface area (Å²) in [5.41, 5.74) is 1.31. The quantitative estimate of drug-likeness (QED) is 0.501. The molecule has 0 nitrogen and oxygen atoms in total. The SMILES string of the molecule is Cc1c(Br)ccc2c1ccc1ccccc12. The van der Waals surface area contributed by atoms with E-state index in [1.165, 1.54) is 31.6 Å². The summed E-state index contributed by atoms with van der Waals surface area (Å²) in [7, 11) is 0. The van der Waals surface area contributed by atoms with Gasteiger partial charge in [0.2, 0.25) is 0 Å². The average molecular weight is 271 g/mol. The number of rotatable bonds is 0. The Morgan fingerprint density at radius 3 is 2.38 bits per heavy atom. The van der Waals surface area contributed by atoms with E-state index in [0.29, 0.717) is 0 Å². The highest BCUT2D eigenvalue weighted by Crippen LogP contribution is 2.30. The van der Waals surface area contributed by atoms with Crippen molar-refractivity contribution in [2.24, 2.45) is 0 Å². The van der Waals surface area contributed by atoms with Gasteiger partial charge in [-0.15, -0.1) is 0 Å². The lowest BCUT2D eigenvalue weighted by molar-refractivity contribution is 1.49. The molecule has 0 aliphatic rings. The van der Waals surface area contributed by atoms with Crippen molar-refractivity contribution >= 4 is 37.5 Å². The number of hydrogen-bond acceptors (Lipinski definition) is 0. The van der Waals surface area contributed by atoms with E-state index in [9.17, 15) is 0 Å². The van der Waals surface area contributed by atoms with Crippen LogP contribution >= 0.6 is 15.9 Å². The summed E-state index contributed by atoms with van der Waals surface area (Å²) in [6.45, 7) is 2.15. The Hall–Kier alpha value is -1.34. The van der Waals surface area contributed by atoms with E-state index in [1.807, 2.05) is 0 Å². The fourth-order valence-electron chi connectivity index (χ4n) is 2.21. The van der Waals surface area contributed by atoms with Crippen LogP contribution < -0.4 is 0 Å². The van der Waals surface area contributed by atoms with Crippen LogP contribution in [0.2, 0.25) is 0 Å². The topological polar surface area (TPSA) is 0 Å². The third-order valence-electron chi connectivity index (χ3n) is 3.13. The molecule has 0 fully saturated rings. The van der Waals surface area contributed by atoms with Gasteiger partial charge in [0.15, 0.2) is 0 Å². The van der Waals surface area contributed by atoms with Crippen molar-refractivity contribution < 1.29 is 0 Å². The second kappa shape index (κ2) is 3.60. The van der Waals surface area contributed by atoms with Gasteiger partial charge in [-0.05, 0) is 40.1 Å². The Balaban J connectivity index is 2.58. The molecular weight excluding hydrogens is 260 g/mol. The minimum atomic E-state index is 1.18. The second-order valence-electron chi connectivity index (χ2n) is 4.05. The first-order chi connectivity index (χ1) is 7.77. The van der Waals surface area contributed by atoms with Gasteiger partial charge in [0.1, 0.15) is 0 Å². The summed E-state index contributed by atoms with van der Waals surface area (Å²) in [4.78, 5) is 0. The number of fused-ring (bicyclic) bond motifs is 3. The van der Waals surface area contributed by atoms with Gasteiger partial charge in [-0.25, -0.2) is 0 Å². The van der Waals surface area contributed by atoms with Gasteiger partial charge in [-0.1, -0.05) is 58.4 Å². The molecule has 1 heteroatoms. The summed E-state index contributed by atoms with van der Waals surface area (Å²) in [6, 6.07) is 17.2. The van der Waals surface area contributed by atoms with Gasteiger partial charge in [0.25, 0.3) is 0 Å². The lowest BCUT2D eigenvalue weighted by atomic mass is 9.99. The molecule has 0 spiro atoms. The molecule has 3 aromatic rings. The molecular formula is C15H11Br. The monoisotopic (exact) mass is 270 g/mol. The molecule has 0 bridgehead atoms. The van der Waals surface area contributed by atoms with Crippen LogP contribution in [-0.2, 0) is 0 Å². The molecule has 0 atom stereocenters. The highest BCUT2D eigenvalue weighted by atomic mass is 79.9. The van der Waals surface area contributed by atoms with Crippen LogP contribution in [-0.4, -0.2) is 0 Å². The molecule has 16 heavy (non-hydrogen) atoms. The molecule has 0 aliphatic heterocycles. The highest BCUT2D eigenvalue weighted by molar-refractivity contribution is 9.10. The molecule has 0 radical (unpaired) electrons. The van der Waals surface area contributed by atoms with Gasteiger partial charge in [-0.2, -0.15) is 0 Å². The Morgan fingerprint density at radius 1 is 0.750 bits per heavy atom. The lowest BCUT2D eigenvalue weighted by Crippen LogP contribution is -1.82. The number of aryl methyl sites for hydroxylation is 1. The predicted octanol–water partition coefficient (Wildman–Crippen LogP) is 5.06. The molecule has 0 saturated heterocycles. The Kier molecular flexibility index (Phi) is 2.22. The summed E-state index contributed by atoms with van der Waals surface area (Å²) < 4.78 is 1.18. The molecule has 78 valence electrons. The van der Waals surface area contributed by atoms with Gasteiger partial charge in [-0.3, -0.25) is 0 Å². The third-order valence-corrected chi connectivity index (χ3v) is 3.99. The van der Waals surface area contributed by atoms with Crippen molar-refractivity contribution in [3.63, 3.8) is 0 Å². The van der Waals surface area contributed by atoms with Crippen molar-refractivity contribution in [3.05, 3.63) is 58.6 Å². The number of hydrogen-bond donors (Lipinski definition) is 0. The zero-order valence-electron chi connectivity index (χ0n) is 9.00. The maximum absolute atomic E-state index is 3.58. The van der Waals surface area contributed by atoms with Gasteiger partial charge in [0, 0.05) is 4.47 Å². The van der Waals surface area contributed by atoms with Crippen molar-refractivity contribution in [3.8, 4) is 0 Å². The van der Waals surface area contributed by atoms with Crippen LogP contribution in [0.1, 0.15) is 5.56 Å². The third kappa shape index (κ3) is 1.35. The van der Waals surface area contributed by atoms with E-state index < -0.39 is 0 Å². The summed E-state index contributed by atoms with van der Waals surface area (Å²) >= 11 is 3.58. The lowest BCUT2D eigenvalue weighted by Gasteiger charge is -2.07. The van der Waals surface area contributed by atoms with E-state index in [0.717, 1.165) is 0 Å². The standard InChI is InChI=1S/C15H11Br/c1-10-12-7-6-11-4-2-3-5-13(11)14(12)8-9-15(10)16/h2-9H,1H3. The molecule has 0 saturated carbocycles. The molecule has 0 aromatic heterocycles. The Bertz CT molecular complexity index is 683. The molecule has 0 amide bonds. The predicted molar refractivity (Wildman–Crippen MR) is 73.9 cm³/mol. The van der Waals surface area contributed by atoms with Crippen LogP contribution in [0.5, 0.6) is 0 Å². The van der Waals surface area contributed by atoms with Crippen molar-refractivity contribution in [1.29, 1.82) is 0 Å².